The maximum absolute atomic E-state index is 14.4. The highest BCUT2D eigenvalue weighted by atomic mass is 35.5. The van der Waals surface area contributed by atoms with E-state index in [1.807, 2.05) is 39.8 Å². The first-order valence-electron chi connectivity index (χ1n) is 12.4. The average molecular weight is 566 g/mol. The van der Waals surface area contributed by atoms with Crippen LogP contribution in [0.2, 0.25) is 5.02 Å². The average Bonchev–Trinajstić information content (AvgIpc) is 3.24. The van der Waals surface area contributed by atoms with E-state index >= 15 is 0 Å². The van der Waals surface area contributed by atoms with Crippen LogP contribution in [0.5, 0.6) is 0 Å². The largest absolute Gasteiger partial charge is 0.464 e. The van der Waals surface area contributed by atoms with E-state index in [0.717, 1.165) is 5.56 Å². The molecule has 0 saturated heterocycles. The Labute approximate surface area is 228 Å². The highest BCUT2D eigenvalue weighted by Crippen LogP contribution is 2.44. The van der Waals surface area contributed by atoms with Crippen molar-refractivity contribution < 1.29 is 18.8 Å². The van der Waals surface area contributed by atoms with Crippen LogP contribution in [-0.2, 0) is 30.9 Å². The zero-order valence-corrected chi connectivity index (χ0v) is 24.3. The Morgan fingerprint density at radius 1 is 1.16 bits per heavy atom. The van der Waals surface area contributed by atoms with E-state index in [1.165, 1.54) is 6.33 Å². The number of nitrogens with two attached hydrogens (primary N) is 1. The van der Waals surface area contributed by atoms with Crippen LogP contribution in [0.1, 0.15) is 53.5 Å². The Kier molecular flexibility index (Phi) is 9.54. The molecule has 38 heavy (non-hydrogen) atoms. The van der Waals surface area contributed by atoms with Crippen LogP contribution in [0.15, 0.2) is 36.9 Å². The molecule has 1 aromatic carbocycles. The molecule has 11 nitrogen and oxygen atoms in total. The molecule has 2 aromatic heterocycles. The molecule has 13 heteroatoms. The molecule has 2 atom stereocenters. The second kappa shape index (κ2) is 12.1. The first-order chi connectivity index (χ1) is 17.8. The van der Waals surface area contributed by atoms with Crippen LogP contribution in [-0.4, -0.2) is 50.1 Å². The minimum atomic E-state index is -3.55. The molecule has 0 saturated carbocycles. The third-order valence-electron chi connectivity index (χ3n) is 5.86. The molecule has 0 fully saturated rings. The summed E-state index contributed by atoms with van der Waals surface area (Å²) in [5.74, 6) is -0.206. The SMILES string of the molecule is CCCOC(=O)C(C)(C)NP(=O)(CO[C@H](C)Cn1cnc2c(N)ncnc21)NC(C)(C)c1ccc(Cl)cc1. The van der Waals surface area contributed by atoms with Gasteiger partial charge in [-0.05, 0) is 58.7 Å². The highest BCUT2D eigenvalue weighted by molar-refractivity contribution is 7.59. The van der Waals surface area contributed by atoms with E-state index in [4.69, 9.17) is 26.8 Å². The Balaban J connectivity index is 1.80. The van der Waals surface area contributed by atoms with Gasteiger partial charge in [0, 0.05) is 10.6 Å². The molecule has 0 bridgehead atoms. The summed E-state index contributed by atoms with van der Waals surface area (Å²) in [7, 11) is -3.55. The van der Waals surface area contributed by atoms with Crippen molar-refractivity contribution in [3.63, 3.8) is 0 Å². The Bertz CT molecular complexity index is 1300. The molecular weight excluding hydrogens is 529 g/mol. The Morgan fingerprint density at radius 3 is 2.50 bits per heavy atom. The van der Waals surface area contributed by atoms with E-state index in [-0.39, 0.29) is 19.1 Å². The van der Waals surface area contributed by atoms with Crippen LogP contribution in [0.3, 0.4) is 0 Å². The molecule has 0 spiro atoms. The number of ether oxygens (including phenoxy) is 2. The fourth-order valence-corrected chi connectivity index (χ4v) is 6.74. The summed E-state index contributed by atoms with van der Waals surface area (Å²) in [6.45, 7) is 11.5. The lowest BCUT2D eigenvalue weighted by Gasteiger charge is -2.37. The predicted octanol–water partition coefficient (Wildman–Crippen LogP) is 4.46. The minimum Gasteiger partial charge on any atom is -0.464 e. The van der Waals surface area contributed by atoms with Gasteiger partial charge >= 0.3 is 5.97 Å². The van der Waals surface area contributed by atoms with Crippen molar-refractivity contribution in [2.24, 2.45) is 0 Å². The summed E-state index contributed by atoms with van der Waals surface area (Å²) >= 11 is 6.07. The number of fused-ring (bicyclic) bond motifs is 1. The number of hydrogen-bond acceptors (Lipinski definition) is 8. The van der Waals surface area contributed by atoms with Gasteiger partial charge in [-0.1, -0.05) is 30.7 Å². The molecule has 0 amide bonds. The van der Waals surface area contributed by atoms with Gasteiger partial charge in [0.25, 0.3) is 0 Å². The molecule has 0 aliphatic heterocycles. The van der Waals surface area contributed by atoms with Crippen molar-refractivity contribution in [3.05, 3.63) is 47.5 Å². The van der Waals surface area contributed by atoms with Gasteiger partial charge in [-0.3, -0.25) is 9.36 Å². The number of benzene rings is 1. The van der Waals surface area contributed by atoms with Gasteiger partial charge in [0.2, 0.25) is 7.44 Å². The third kappa shape index (κ3) is 7.51. The van der Waals surface area contributed by atoms with Crippen LogP contribution >= 0.6 is 19.0 Å². The topological polar surface area (TPSA) is 146 Å². The van der Waals surface area contributed by atoms with Gasteiger partial charge in [0.15, 0.2) is 11.5 Å². The molecule has 0 aliphatic rings. The summed E-state index contributed by atoms with van der Waals surface area (Å²) in [6.07, 6.45) is 3.10. The fraction of sp³-hybridized carbons (Fsp3) is 0.520. The van der Waals surface area contributed by atoms with E-state index in [1.54, 1.807) is 36.9 Å². The molecular formula is C25H37ClN7O4P. The molecule has 2 heterocycles. The number of carbonyl (C=O) groups excluding carboxylic acids is 1. The number of anilines is 1. The third-order valence-corrected chi connectivity index (χ3v) is 8.46. The number of nitrogens with zero attached hydrogens (tertiary/aromatic N) is 4. The molecule has 0 radical (unpaired) electrons. The van der Waals surface area contributed by atoms with Crippen LogP contribution in [0, 0.1) is 0 Å². The summed E-state index contributed by atoms with van der Waals surface area (Å²) in [5.41, 5.74) is 5.85. The first kappa shape index (κ1) is 30.0. The smallest absolute Gasteiger partial charge is 0.326 e. The summed E-state index contributed by atoms with van der Waals surface area (Å²) < 4.78 is 27.6. The van der Waals surface area contributed by atoms with E-state index in [9.17, 15) is 9.36 Å². The van der Waals surface area contributed by atoms with Crippen molar-refractivity contribution in [1.29, 1.82) is 0 Å². The number of aromatic nitrogens is 4. The quantitative estimate of drug-likeness (QED) is 0.200. The molecule has 1 unspecified atom stereocenters. The number of nitrogen functional groups attached to an aromatic ring is 1. The van der Waals surface area contributed by atoms with E-state index in [2.05, 4.69) is 25.1 Å². The molecule has 3 rings (SSSR count). The van der Waals surface area contributed by atoms with Gasteiger partial charge in [-0.25, -0.2) is 25.1 Å². The second-order valence-electron chi connectivity index (χ2n) is 10.3. The monoisotopic (exact) mass is 565 g/mol. The maximum atomic E-state index is 14.4. The van der Waals surface area contributed by atoms with Gasteiger partial charge in [0.05, 0.1) is 25.6 Å². The lowest BCUT2D eigenvalue weighted by molar-refractivity contribution is -0.149. The fourth-order valence-electron chi connectivity index (χ4n) is 3.94. The van der Waals surface area contributed by atoms with Gasteiger partial charge < -0.3 is 19.8 Å². The number of carbonyl (C=O) groups is 1. The number of esters is 1. The van der Waals surface area contributed by atoms with E-state index < -0.39 is 24.5 Å². The van der Waals surface area contributed by atoms with Crippen molar-refractivity contribution in [2.75, 3.05) is 18.7 Å². The summed E-state index contributed by atoms with van der Waals surface area (Å²) in [6, 6.07) is 7.27. The lowest BCUT2D eigenvalue weighted by atomic mass is 9.96. The highest BCUT2D eigenvalue weighted by Gasteiger charge is 2.40. The Morgan fingerprint density at radius 2 is 1.84 bits per heavy atom. The zero-order chi connectivity index (χ0) is 28.1. The Hall–Kier alpha value is -2.56. The van der Waals surface area contributed by atoms with Crippen molar-refractivity contribution in [1.82, 2.24) is 29.7 Å². The predicted molar refractivity (Wildman–Crippen MR) is 149 cm³/mol. The number of nitrogens with one attached hydrogen (secondary N) is 2. The van der Waals surface area contributed by atoms with Crippen LogP contribution in [0.4, 0.5) is 5.82 Å². The van der Waals surface area contributed by atoms with Crippen molar-refractivity contribution >= 4 is 42.0 Å². The summed E-state index contributed by atoms with van der Waals surface area (Å²) in [5, 5.41) is 6.86. The zero-order valence-electron chi connectivity index (χ0n) is 22.7. The van der Waals surface area contributed by atoms with Gasteiger partial charge in [0.1, 0.15) is 23.7 Å². The lowest BCUT2D eigenvalue weighted by Crippen LogP contribution is -2.51. The van der Waals surface area contributed by atoms with Crippen molar-refractivity contribution in [3.8, 4) is 0 Å². The van der Waals surface area contributed by atoms with Crippen LogP contribution < -0.4 is 15.9 Å². The van der Waals surface area contributed by atoms with E-state index in [0.29, 0.717) is 35.0 Å². The second-order valence-corrected chi connectivity index (χ2v) is 12.9. The van der Waals surface area contributed by atoms with Crippen LogP contribution in [0.25, 0.3) is 11.2 Å². The van der Waals surface area contributed by atoms with Crippen molar-refractivity contribution in [2.45, 2.75) is 71.7 Å². The first-order valence-corrected chi connectivity index (χ1v) is 14.7. The molecule has 3 aromatic rings. The minimum absolute atomic E-state index is 0.195. The standard InChI is InChI=1S/C25H37ClN7O4P/c1-7-12-36-23(34)25(5,6)32-38(35,31-24(3,4)18-8-10-19(26)11-9-18)16-37-17(2)13-33-15-30-20-21(27)28-14-29-22(20)33/h8-11,14-15,17H,7,12-13,16H2,1-6H3,(H2,27,28,29)(H2,31,32,35)/t17-,38?/m1/s1. The maximum Gasteiger partial charge on any atom is 0.326 e. The number of rotatable bonds is 13. The van der Waals surface area contributed by atoms with Gasteiger partial charge in [-0.15, -0.1) is 0 Å². The van der Waals surface area contributed by atoms with Gasteiger partial charge in [-0.2, -0.15) is 0 Å². The molecule has 0 aliphatic carbocycles. The normalized spacial score (nSPS) is 14.8. The number of hydrogen-bond donors (Lipinski definition) is 3. The molecule has 208 valence electrons. The number of imidazole rings is 1. The summed E-state index contributed by atoms with van der Waals surface area (Å²) in [4.78, 5) is 25.3. The number of halogens is 1. The molecule has 4 N–H and O–H groups in total.